The summed E-state index contributed by atoms with van der Waals surface area (Å²) < 4.78 is 10.6. The van der Waals surface area contributed by atoms with Crippen LogP contribution in [0.1, 0.15) is 20.9 Å². The summed E-state index contributed by atoms with van der Waals surface area (Å²) in [7, 11) is 0. The van der Waals surface area contributed by atoms with Crippen LogP contribution in [-0.2, 0) is 0 Å². The maximum atomic E-state index is 12.4. The predicted octanol–water partition coefficient (Wildman–Crippen LogP) is 3.28. The molecular weight excluding hydrogens is 310 g/mol. The zero-order valence-corrected chi connectivity index (χ0v) is 12.3. The van der Waals surface area contributed by atoms with Crippen molar-refractivity contribution in [2.24, 2.45) is 0 Å². The van der Waals surface area contributed by atoms with Crippen molar-refractivity contribution in [3.8, 4) is 11.5 Å². The quantitative estimate of drug-likeness (QED) is 0.755. The van der Waals surface area contributed by atoms with Gasteiger partial charge in [0.1, 0.15) is 5.75 Å². The highest BCUT2D eigenvalue weighted by atomic mass is 16.5. The van der Waals surface area contributed by atoms with Gasteiger partial charge in [-0.05, 0) is 30.3 Å². The molecule has 2 heterocycles. The number of fused-ring (bicyclic) bond motifs is 2. The van der Waals surface area contributed by atoms with Crippen LogP contribution in [0, 0.1) is 0 Å². The van der Waals surface area contributed by atoms with E-state index in [0.717, 1.165) is 0 Å². The summed E-state index contributed by atoms with van der Waals surface area (Å²) in [5.41, 5.74) is 1.35. The second kappa shape index (κ2) is 5.54. The molecule has 0 unspecified atom stereocenters. The Morgan fingerprint density at radius 3 is 2.79 bits per heavy atom. The fourth-order valence-electron chi connectivity index (χ4n) is 2.37. The number of nitrogens with zero attached hydrogens (tertiary/aromatic N) is 1. The van der Waals surface area contributed by atoms with E-state index in [1.807, 2.05) is 12.1 Å². The highest BCUT2D eigenvalue weighted by molar-refractivity contribution is 6.09. The summed E-state index contributed by atoms with van der Waals surface area (Å²) in [4.78, 5) is 24.4. The Bertz CT molecular complexity index is 935. The second-order valence-corrected chi connectivity index (χ2v) is 5.09. The van der Waals surface area contributed by atoms with E-state index in [1.54, 1.807) is 30.3 Å². The summed E-state index contributed by atoms with van der Waals surface area (Å²) in [6.07, 6.45) is 1.38. The van der Waals surface area contributed by atoms with Gasteiger partial charge in [-0.1, -0.05) is 17.3 Å². The topological polar surface area (TPSA) is 93.5 Å². The van der Waals surface area contributed by atoms with Crippen LogP contribution < -0.4 is 15.4 Å². The van der Waals surface area contributed by atoms with E-state index in [-0.39, 0.29) is 11.7 Å². The molecule has 1 aromatic heterocycles. The van der Waals surface area contributed by atoms with E-state index in [1.165, 1.54) is 12.3 Å². The largest absolute Gasteiger partial charge is 0.454 e. The van der Waals surface area contributed by atoms with Gasteiger partial charge in [0.25, 0.3) is 11.8 Å². The normalized spacial score (nSPS) is 12.2. The molecule has 0 fully saturated rings. The summed E-state index contributed by atoms with van der Waals surface area (Å²) in [5, 5.41) is 8.91. The molecule has 4 rings (SSSR count). The summed E-state index contributed by atoms with van der Waals surface area (Å²) >= 11 is 0. The number of aromatic nitrogens is 1. The number of hydrogen-bond acceptors (Lipinski definition) is 5. The molecule has 0 saturated carbocycles. The fraction of sp³-hybridized carbons (Fsp3) is 0. The van der Waals surface area contributed by atoms with E-state index in [4.69, 9.17) is 9.26 Å². The zero-order chi connectivity index (χ0) is 16.5. The molecule has 1 aliphatic heterocycles. The molecule has 2 N–H and O–H groups in total. The van der Waals surface area contributed by atoms with Crippen molar-refractivity contribution in [1.82, 2.24) is 5.16 Å². The lowest BCUT2D eigenvalue weighted by atomic mass is 10.1. The van der Waals surface area contributed by atoms with Crippen molar-refractivity contribution < 1.29 is 18.8 Å². The molecule has 0 aliphatic carbocycles. The molecule has 0 spiro atoms. The number of anilines is 2. The SMILES string of the molecule is O=C(Nc1ccc2c(c1)C(=O)Nc1ccccc1O2)c1ccno1. The van der Waals surface area contributed by atoms with Gasteiger partial charge < -0.3 is 19.9 Å². The van der Waals surface area contributed by atoms with Crippen molar-refractivity contribution >= 4 is 23.2 Å². The summed E-state index contributed by atoms with van der Waals surface area (Å²) in [5.74, 6) is 0.285. The minimum absolute atomic E-state index is 0.0815. The number of ether oxygens (including phenoxy) is 1. The molecule has 2 amide bonds. The van der Waals surface area contributed by atoms with Gasteiger partial charge in [-0.25, -0.2) is 0 Å². The fourth-order valence-corrected chi connectivity index (χ4v) is 2.37. The van der Waals surface area contributed by atoms with Crippen molar-refractivity contribution in [3.63, 3.8) is 0 Å². The Morgan fingerprint density at radius 2 is 1.96 bits per heavy atom. The average Bonchev–Trinajstić information content (AvgIpc) is 3.08. The number of hydrogen-bond donors (Lipinski definition) is 2. The molecule has 0 atom stereocenters. The highest BCUT2D eigenvalue weighted by Crippen LogP contribution is 2.36. The maximum absolute atomic E-state index is 12.4. The van der Waals surface area contributed by atoms with E-state index >= 15 is 0 Å². The first-order valence-electron chi connectivity index (χ1n) is 7.15. The van der Waals surface area contributed by atoms with Gasteiger partial charge in [-0.2, -0.15) is 0 Å². The van der Waals surface area contributed by atoms with Crippen LogP contribution >= 0.6 is 0 Å². The monoisotopic (exact) mass is 321 g/mol. The molecular formula is C17H11N3O4. The Balaban J connectivity index is 1.65. The van der Waals surface area contributed by atoms with E-state index in [9.17, 15) is 9.59 Å². The molecule has 2 aromatic carbocycles. The van der Waals surface area contributed by atoms with Gasteiger partial charge in [0, 0.05) is 11.8 Å². The number of benzene rings is 2. The number of carbonyl (C=O) groups is 2. The first kappa shape index (κ1) is 14.0. The molecule has 24 heavy (non-hydrogen) atoms. The standard InChI is InChI=1S/C17H11N3O4/c21-16-11-9-10(19-17(22)15-7-8-18-24-15)5-6-13(11)23-14-4-2-1-3-12(14)20-16/h1-9H,(H,19,22)(H,20,21). The minimum Gasteiger partial charge on any atom is -0.454 e. The third-order valence-electron chi connectivity index (χ3n) is 3.50. The molecule has 3 aromatic rings. The third kappa shape index (κ3) is 2.48. The molecule has 7 nitrogen and oxygen atoms in total. The van der Waals surface area contributed by atoms with Crippen LogP contribution in [-0.4, -0.2) is 17.0 Å². The van der Waals surface area contributed by atoms with E-state index in [2.05, 4.69) is 15.8 Å². The van der Waals surface area contributed by atoms with Crippen molar-refractivity contribution in [1.29, 1.82) is 0 Å². The Hall–Kier alpha value is -3.61. The highest BCUT2D eigenvalue weighted by Gasteiger charge is 2.21. The van der Waals surface area contributed by atoms with Gasteiger partial charge in [-0.15, -0.1) is 0 Å². The van der Waals surface area contributed by atoms with Crippen molar-refractivity contribution in [2.75, 3.05) is 10.6 Å². The van der Waals surface area contributed by atoms with E-state index < -0.39 is 5.91 Å². The summed E-state index contributed by atoms with van der Waals surface area (Å²) in [6, 6.07) is 13.4. The lowest BCUT2D eigenvalue weighted by Gasteiger charge is -2.09. The van der Waals surface area contributed by atoms with Crippen LogP contribution in [0.3, 0.4) is 0 Å². The number of para-hydroxylation sites is 2. The Labute approximate surface area is 136 Å². The molecule has 7 heteroatoms. The van der Waals surface area contributed by atoms with Crippen LogP contribution in [0.25, 0.3) is 0 Å². The summed E-state index contributed by atoms with van der Waals surface area (Å²) in [6.45, 7) is 0. The molecule has 0 radical (unpaired) electrons. The average molecular weight is 321 g/mol. The molecule has 118 valence electrons. The van der Waals surface area contributed by atoms with Crippen LogP contribution in [0.4, 0.5) is 11.4 Å². The van der Waals surface area contributed by atoms with Gasteiger partial charge >= 0.3 is 0 Å². The smallest absolute Gasteiger partial charge is 0.294 e. The Morgan fingerprint density at radius 1 is 1.08 bits per heavy atom. The number of amides is 2. The first-order chi connectivity index (χ1) is 11.7. The molecule has 1 aliphatic rings. The van der Waals surface area contributed by atoms with Gasteiger partial charge in [-0.3, -0.25) is 9.59 Å². The van der Waals surface area contributed by atoms with Gasteiger partial charge in [0.05, 0.1) is 17.4 Å². The zero-order valence-electron chi connectivity index (χ0n) is 12.3. The predicted molar refractivity (Wildman–Crippen MR) is 85.4 cm³/mol. The second-order valence-electron chi connectivity index (χ2n) is 5.09. The minimum atomic E-state index is -0.453. The third-order valence-corrected chi connectivity index (χ3v) is 3.50. The lowest BCUT2D eigenvalue weighted by molar-refractivity contribution is 0.0985. The lowest BCUT2D eigenvalue weighted by Crippen LogP contribution is -2.13. The number of nitrogens with one attached hydrogen (secondary N) is 2. The number of rotatable bonds is 2. The molecule has 0 bridgehead atoms. The van der Waals surface area contributed by atoms with E-state index in [0.29, 0.717) is 28.4 Å². The van der Waals surface area contributed by atoms with Crippen molar-refractivity contribution in [2.45, 2.75) is 0 Å². The van der Waals surface area contributed by atoms with Gasteiger partial charge in [0.15, 0.2) is 5.75 Å². The number of carbonyl (C=O) groups excluding carboxylic acids is 2. The Kier molecular flexibility index (Phi) is 3.24. The molecule has 0 saturated heterocycles. The van der Waals surface area contributed by atoms with Crippen LogP contribution in [0.2, 0.25) is 0 Å². The maximum Gasteiger partial charge on any atom is 0.294 e. The van der Waals surface area contributed by atoms with Gasteiger partial charge in [0.2, 0.25) is 5.76 Å². The first-order valence-corrected chi connectivity index (χ1v) is 7.15. The van der Waals surface area contributed by atoms with Crippen LogP contribution in [0.5, 0.6) is 11.5 Å². The van der Waals surface area contributed by atoms with Crippen LogP contribution in [0.15, 0.2) is 59.3 Å². The van der Waals surface area contributed by atoms with Crippen molar-refractivity contribution in [3.05, 3.63) is 66.1 Å².